The minimum Gasteiger partial charge on any atom is -0.507 e. The van der Waals surface area contributed by atoms with Gasteiger partial charge in [-0.15, -0.1) is 0 Å². The molecule has 0 spiro atoms. The average molecular weight is 641 g/mol. The third-order valence-corrected chi connectivity index (χ3v) is 8.28. The Kier molecular flexibility index (Phi) is 8.05. The van der Waals surface area contributed by atoms with E-state index in [2.05, 4.69) is 0 Å². The molecule has 6 aromatic rings. The van der Waals surface area contributed by atoms with Gasteiger partial charge in [-0.25, -0.2) is 0 Å². The number of benzene rings is 6. The number of phenolic OH excluding ortho intramolecular Hbond substituents is 2. The normalized spacial score (nSPS) is 12.2. The lowest BCUT2D eigenvalue weighted by Gasteiger charge is -2.39. The molecule has 8 heteroatoms. The summed E-state index contributed by atoms with van der Waals surface area (Å²) in [4.78, 5) is 0. The van der Waals surface area contributed by atoms with Crippen molar-refractivity contribution < 1.29 is 36.6 Å². The highest BCUT2D eigenvalue weighted by Crippen LogP contribution is 2.59. The van der Waals surface area contributed by atoms with E-state index in [0.29, 0.717) is 0 Å². The molecular weight excluding hydrogens is 614 g/mol. The second-order valence-corrected chi connectivity index (χ2v) is 11.0. The van der Waals surface area contributed by atoms with Crippen LogP contribution in [0.5, 0.6) is 11.5 Å². The van der Waals surface area contributed by atoms with Crippen LogP contribution in [0.2, 0.25) is 0 Å². The van der Waals surface area contributed by atoms with Crippen molar-refractivity contribution in [3.05, 3.63) is 157 Å². The molecule has 2 nitrogen and oxygen atoms in total. The van der Waals surface area contributed by atoms with Crippen molar-refractivity contribution in [2.24, 2.45) is 0 Å². The molecule has 236 valence electrons. The van der Waals surface area contributed by atoms with Crippen molar-refractivity contribution in [2.75, 3.05) is 0 Å². The summed E-state index contributed by atoms with van der Waals surface area (Å²) in [7, 11) is 0. The van der Waals surface area contributed by atoms with E-state index in [1.165, 1.54) is 48.5 Å². The SMILES string of the molecule is Oc1c(-c2ccccc2)cc(C(c2cc(-c3ccccc3)c(O)c(-c3ccccc3)c2)(C(F)(F)F)C(F)(F)F)cc1-c1ccccc1. The monoisotopic (exact) mass is 640 g/mol. The van der Waals surface area contributed by atoms with Crippen LogP contribution >= 0.6 is 0 Å². The fraction of sp³-hybridized carbons (Fsp3) is 0.0769. The van der Waals surface area contributed by atoms with E-state index in [0.717, 1.165) is 24.3 Å². The first-order valence-corrected chi connectivity index (χ1v) is 14.5. The Hall–Kier alpha value is -5.50. The first-order chi connectivity index (χ1) is 22.4. The molecule has 0 aliphatic rings. The summed E-state index contributed by atoms with van der Waals surface area (Å²) in [5.74, 6) is -0.935. The fourth-order valence-corrected chi connectivity index (χ4v) is 6.04. The zero-order valence-electron chi connectivity index (χ0n) is 24.5. The molecule has 0 radical (unpaired) electrons. The highest BCUT2D eigenvalue weighted by atomic mass is 19.4. The lowest BCUT2D eigenvalue weighted by molar-refractivity contribution is -0.288. The Morgan fingerprint density at radius 1 is 0.340 bits per heavy atom. The van der Waals surface area contributed by atoms with Crippen LogP contribution in [-0.2, 0) is 5.41 Å². The summed E-state index contributed by atoms with van der Waals surface area (Å²) in [5.41, 5.74) is -6.79. The molecule has 6 aromatic carbocycles. The van der Waals surface area contributed by atoms with E-state index >= 15 is 26.3 Å². The Labute approximate surface area is 266 Å². The van der Waals surface area contributed by atoms with Crippen LogP contribution in [0.3, 0.4) is 0 Å². The van der Waals surface area contributed by atoms with Gasteiger partial charge in [-0.05, 0) is 57.6 Å². The Bertz CT molecular complexity index is 1740. The summed E-state index contributed by atoms with van der Waals surface area (Å²) in [6.07, 6.45) is -11.9. The number of alkyl halides is 6. The Balaban J connectivity index is 1.78. The number of aromatic hydroxyl groups is 2. The maximum atomic E-state index is 15.7. The predicted octanol–water partition coefficient (Wildman–Crippen LogP) is 11.2. The minimum absolute atomic E-state index is 0.204. The van der Waals surface area contributed by atoms with E-state index in [-0.39, 0.29) is 44.5 Å². The van der Waals surface area contributed by atoms with Gasteiger partial charge in [0, 0.05) is 22.3 Å². The molecule has 6 rings (SSSR count). The summed E-state index contributed by atoms with van der Waals surface area (Å²) >= 11 is 0. The summed E-state index contributed by atoms with van der Waals surface area (Å²) in [6.45, 7) is 0. The zero-order chi connectivity index (χ0) is 33.4. The third-order valence-electron chi connectivity index (χ3n) is 8.28. The van der Waals surface area contributed by atoms with Crippen molar-refractivity contribution >= 4 is 0 Å². The smallest absolute Gasteiger partial charge is 0.411 e. The van der Waals surface area contributed by atoms with Gasteiger partial charge >= 0.3 is 12.4 Å². The molecule has 0 aliphatic heterocycles. The van der Waals surface area contributed by atoms with Crippen molar-refractivity contribution in [3.8, 4) is 56.0 Å². The van der Waals surface area contributed by atoms with Gasteiger partial charge in [-0.2, -0.15) is 26.3 Å². The van der Waals surface area contributed by atoms with Crippen LogP contribution in [0, 0.1) is 0 Å². The van der Waals surface area contributed by atoms with Crippen LogP contribution in [0.15, 0.2) is 146 Å². The van der Waals surface area contributed by atoms with Crippen molar-refractivity contribution in [3.63, 3.8) is 0 Å². The van der Waals surface area contributed by atoms with Crippen LogP contribution in [0.25, 0.3) is 44.5 Å². The second kappa shape index (κ2) is 12.0. The van der Waals surface area contributed by atoms with Crippen LogP contribution in [0.4, 0.5) is 26.3 Å². The van der Waals surface area contributed by atoms with E-state index in [1.54, 1.807) is 72.8 Å². The van der Waals surface area contributed by atoms with E-state index in [1.807, 2.05) is 0 Å². The summed E-state index contributed by atoms with van der Waals surface area (Å²) < 4.78 is 94.4. The third kappa shape index (κ3) is 5.50. The molecule has 47 heavy (non-hydrogen) atoms. The first-order valence-electron chi connectivity index (χ1n) is 14.5. The molecule has 0 amide bonds. The number of hydrogen-bond acceptors (Lipinski definition) is 2. The molecule has 0 bridgehead atoms. The van der Waals surface area contributed by atoms with Gasteiger partial charge in [0.2, 0.25) is 5.41 Å². The van der Waals surface area contributed by atoms with Gasteiger partial charge in [0.25, 0.3) is 0 Å². The van der Waals surface area contributed by atoms with Crippen LogP contribution < -0.4 is 0 Å². The van der Waals surface area contributed by atoms with E-state index in [9.17, 15) is 10.2 Å². The van der Waals surface area contributed by atoms with Gasteiger partial charge in [0.1, 0.15) is 11.5 Å². The second-order valence-electron chi connectivity index (χ2n) is 11.0. The van der Waals surface area contributed by atoms with Crippen LogP contribution in [0.1, 0.15) is 11.1 Å². The largest absolute Gasteiger partial charge is 0.507 e. The number of phenols is 2. The molecule has 0 saturated carbocycles. The van der Waals surface area contributed by atoms with Crippen molar-refractivity contribution in [1.29, 1.82) is 0 Å². The van der Waals surface area contributed by atoms with Gasteiger partial charge < -0.3 is 10.2 Å². The highest BCUT2D eigenvalue weighted by Gasteiger charge is 2.73. The Morgan fingerprint density at radius 2 is 0.553 bits per heavy atom. The van der Waals surface area contributed by atoms with E-state index < -0.39 is 40.4 Å². The Morgan fingerprint density at radius 3 is 0.745 bits per heavy atom. The predicted molar refractivity (Wildman–Crippen MR) is 171 cm³/mol. The topological polar surface area (TPSA) is 40.5 Å². The maximum absolute atomic E-state index is 15.7. The lowest BCUT2D eigenvalue weighted by Crippen LogP contribution is -2.54. The summed E-state index contributed by atoms with van der Waals surface area (Å²) in [6, 6.07) is 34.2. The van der Waals surface area contributed by atoms with Crippen molar-refractivity contribution in [1.82, 2.24) is 0 Å². The quantitative estimate of drug-likeness (QED) is 0.178. The molecule has 2 N–H and O–H groups in total. The molecule has 0 fully saturated rings. The van der Waals surface area contributed by atoms with E-state index in [4.69, 9.17) is 0 Å². The molecule has 0 aliphatic carbocycles. The summed E-state index contributed by atoms with van der Waals surface area (Å²) in [5, 5.41) is 22.8. The molecule has 0 unspecified atom stereocenters. The maximum Gasteiger partial charge on any atom is 0.411 e. The van der Waals surface area contributed by atoms with Gasteiger partial charge in [-0.1, -0.05) is 121 Å². The van der Waals surface area contributed by atoms with Crippen molar-refractivity contribution in [2.45, 2.75) is 17.8 Å². The minimum atomic E-state index is -5.94. The molecule has 0 heterocycles. The highest BCUT2D eigenvalue weighted by molar-refractivity contribution is 5.86. The molecule has 0 saturated heterocycles. The number of rotatable bonds is 6. The van der Waals surface area contributed by atoms with Gasteiger partial charge in [0.05, 0.1) is 0 Å². The number of hydrogen-bond donors (Lipinski definition) is 2. The lowest BCUT2D eigenvalue weighted by atomic mass is 9.70. The van der Waals surface area contributed by atoms with Gasteiger partial charge in [-0.3, -0.25) is 0 Å². The standard InChI is InChI=1S/C39H26F6O2/c40-38(41,42)37(39(43,44)45,29-21-31(25-13-5-1-6-14-25)35(46)32(22-29)26-15-7-2-8-16-26)30-23-33(27-17-9-3-10-18-27)36(47)34(24-30)28-19-11-4-12-20-28/h1-24,46-47H. The molecule has 0 aromatic heterocycles. The number of halogens is 6. The van der Waals surface area contributed by atoms with Gasteiger partial charge in [0.15, 0.2) is 0 Å². The fourth-order valence-electron chi connectivity index (χ4n) is 6.04. The molecule has 0 atom stereocenters. The first kappa shape index (κ1) is 31.5. The molecular formula is C39H26F6O2. The zero-order valence-corrected chi connectivity index (χ0v) is 24.5. The average Bonchev–Trinajstić information content (AvgIpc) is 3.06. The van der Waals surface area contributed by atoms with Crippen LogP contribution in [-0.4, -0.2) is 22.6 Å².